The van der Waals surface area contributed by atoms with Crippen LogP contribution >= 0.6 is 0 Å². The van der Waals surface area contributed by atoms with E-state index in [1.165, 1.54) is 0 Å². The summed E-state index contributed by atoms with van der Waals surface area (Å²) in [5.41, 5.74) is 3.00. The Hall–Kier alpha value is -0.610. The topological polar surface area (TPSA) is 52.6 Å². The predicted octanol–water partition coefficient (Wildman–Crippen LogP) is 0.163. The van der Waals surface area contributed by atoms with E-state index in [0.29, 0.717) is 13.0 Å². The molecule has 0 aromatic rings. The van der Waals surface area contributed by atoms with Gasteiger partial charge in [-0.15, -0.1) is 0 Å². The first-order chi connectivity index (χ1) is 5.04. The van der Waals surface area contributed by atoms with Crippen LogP contribution in [0.2, 0.25) is 0 Å². The van der Waals surface area contributed by atoms with Gasteiger partial charge < -0.3 is 5.11 Å². The standard InChI is InChI=1S/C7H16N2O2/c1-6(7(10)11)4-5-8-9(2)3/h6,8H,4-5H2,1-3H3,(H,10,11). The van der Waals surface area contributed by atoms with E-state index >= 15 is 0 Å². The molecule has 0 rings (SSSR count). The van der Waals surface area contributed by atoms with Crippen molar-refractivity contribution in [2.24, 2.45) is 5.92 Å². The zero-order chi connectivity index (χ0) is 8.85. The molecular weight excluding hydrogens is 144 g/mol. The Bertz CT molecular complexity index is 126. The number of carboxylic acid groups (broad SMARTS) is 1. The van der Waals surface area contributed by atoms with Gasteiger partial charge in [0.1, 0.15) is 0 Å². The van der Waals surface area contributed by atoms with E-state index in [0.717, 1.165) is 0 Å². The van der Waals surface area contributed by atoms with E-state index in [4.69, 9.17) is 5.11 Å². The molecular formula is C7H16N2O2. The van der Waals surface area contributed by atoms with E-state index in [2.05, 4.69) is 5.43 Å². The lowest BCUT2D eigenvalue weighted by atomic mass is 10.1. The molecule has 1 atom stereocenters. The second-order valence-corrected chi connectivity index (χ2v) is 2.83. The fourth-order valence-corrected chi connectivity index (χ4v) is 0.628. The fourth-order valence-electron chi connectivity index (χ4n) is 0.628. The number of hydrogen-bond acceptors (Lipinski definition) is 3. The summed E-state index contributed by atoms with van der Waals surface area (Å²) in [5.74, 6) is -0.993. The lowest BCUT2D eigenvalue weighted by molar-refractivity contribution is -0.141. The van der Waals surface area contributed by atoms with Gasteiger partial charge in [0.15, 0.2) is 0 Å². The Kier molecular flexibility index (Phi) is 4.81. The normalized spacial score (nSPS) is 13.5. The van der Waals surface area contributed by atoms with Crippen molar-refractivity contribution in [3.8, 4) is 0 Å². The lowest BCUT2D eigenvalue weighted by Gasteiger charge is -2.12. The van der Waals surface area contributed by atoms with E-state index in [9.17, 15) is 4.79 Å². The van der Waals surface area contributed by atoms with Crippen LogP contribution in [-0.2, 0) is 4.79 Å². The highest BCUT2D eigenvalue weighted by molar-refractivity contribution is 5.69. The van der Waals surface area contributed by atoms with Crippen LogP contribution in [0, 0.1) is 5.92 Å². The minimum atomic E-state index is -0.731. The van der Waals surface area contributed by atoms with E-state index in [1.54, 1.807) is 6.92 Å². The van der Waals surface area contributed by atoms with Crippen molar-refractivity contribution in [2.45, 2.75) is 13.3 Å². The van der Waals surface area contributed by atoms with Crippen LogP contribution in [0.5, 0.6) is 0 Å². The molecule has 0 saturated heterocycles. The van der Waals surface area contributed by atoms with Gasteiger partial charge in [-0.2, -0.15) is 0 Å². The molecule has 0 amide bonds. The molecule has 0 radical (unpaired) electrons. The summed E-state index contributed by atoms with van der Waals surface area (Å²) in [4.78, 5) is 10.3. The highest BCUT2D eigenvalue weighted by atomic mass is 16.4. The molecule has 0 heterocycles. The number of rotatable bonds is 5. The minimum Gasteiger partial charge on any atom is -0.481 e. The van der Waals surface area contributed by atoms with E-state index in [-0.39, 0.29) is 5.92 Å². The molecule has 66 valence electrons. The maximum absolute atomic E-state index is 10.3. The van der Waals surface area contributed by atoms with Crippen molar-refractivity contribution in [2.75, 3.05) is 20.6 Å². The van der Waals surface area contributed by atoms with Crippen LogP contribution in [0.1, 0.15) is 13.3 Å². The zero-order valence-electron chi connectivity index (χ0n) is 7.29. The van der Waals surface area contributed by atoms with Gasteiger partial charge in [-0.05, 0) is 6.42 Å². The highest BCUT2D eigenvalue weighted by Crippen LogP contribution is 1.99. The van der Waals surface area contributed by atoms with Gasteiger partial charge in [-0.1, -0.05) is 6.92 Å². The number of nitrogens with one attached hydrogen (secondary N) is 1. The largest absolute Gasteiger partial charge is 0.481 e. The maximum atomic E-state index is 10.3. The first-order valence-electron chi connectivity index (χ1n) is 3.67. The first-order valence-corrected chi connectivity index (χ1v) is 3.67. The van der Waals surface area contributed by atoms with Crippen molar-refractivity contribution in [3.05, 3.63) is 0 Å². The van der Waals surface area contributed by atoms with Gasteiger partial charge in [0.05, 0.1) is 5.92 Å². The Morgan fingerprint density at radius 1 is 1.64 bits per heavy atom. The van der Waals surface area contributed by atoms with Crippen LogP contribution in [-0.4, -0.2) is 36.7 Å². The molecule has 0 aromatic heterocycles. The number of hydrazine groups is 1. The molecule has 0 spiro atoms. The quantitative estimate of drug-likeness (QED) is 0.563. The van der Waals surface area contributed by atoms with Gasteiger partial charge >= 0.3 is 5.97 Å². The molecule has 0 fully saturated rings. The van der Waals surface area contributed by atoms with Crippen LogP contribution < -0.4 is 5.43 Å². The van der Waals surface area contributed by atoms with Crippen molar-refractivity contribution in [1.29, 1.82) is 0 Å². The summed E-state index contributed by atoms with van der Waals surface area (Å²) in [5, 5.41) is 10.3. The summed E-state index contributed by atoms with van der Waals surface area (Å²) in [6.07, 6.45) is 0.660. The summed E-state index contributed by atoms with van der Waals surface area (Å²) in [6.45, 7) is 2.42. The van der Waals surface area contributed by atoms with Crippen LogP contribution in [0.15, 0.2) is 0 Å². The highest BCUT2D eigenvalue weighted by Gasteiger charge is 2.09. The molecule has 0 aliphatic heterocycles. The maximum Gasteiger partial charge on any atom is 0.306 e. The molecule has 11 heavy (non-hydrogen) atoms. The number of hydrogen-bond donors (Lipinski definition) is 2. The number of carboxylic acids is 1. The second kappa shape index (κ2) is 5.09. The van der Waals surface area contributed by atoms with Gasteiger partial charge in [-0.25, -0.2) is 0 Å². The second-order valence-electron chi connectivity index (χ2n) is 2.83. The molecule has 0 aromatic carbocycles. The van der Waals surface area contributed by atoms with Crippen LogP contribution in [0.25, 0.3) is 0 Å². The number of carbonyl (C=O) groups is 1. The lowest BCUT2D eigenvalue weighted by Crippen LogP contribution is -2.32. The molecule has 0 bridgehead atoms. The van der Waals surface area contributed by atoms with Gasteiger partial charge in [-0.3, -0.25) is 15.2 Å². The van der Waals surface area contributed by atoms with Gasteiger partial charge in [0.2, 0.25) is 0 Å². The summed E-state index contributed by atoms with van der Waals surface area (Å²) < 4.78 is 0. The Morgan fingerprint density at radius 2 is 2.18 bits per heavy atom. The Balaban J connectivity index is 3.31. The SMILES string of the molecule is CC(CCNN(C)C)C(=O)O. The first kappa shape index (κ1) is 10.4. The third-order valence-corrected chi connectivity index (χ3v) is 1.43. The van der Waals surface area contributed by atoms with E-state index in [1.807, 2.05) is 19.1 Å². The number of aliphatic carboxylic acids is 1. The fraction of sp³-hybridized carbons (Fsp3) is 0.857. The Labute approximate surface area is 67.2 Å². The van der Waals surface area contributed by atoms with Crippen molar-refractivity contribution < 1.29 is 9.90 Å². The predicted molar refractivity (Wildman–Crippen MR) is 43.1 cm³/mol. The monoisotopic (exact) mass is 160 g/mol. The van der Waals surface area contributed by atoms with Gasteiger partial charge in [0, 0.05) is 20.6 Å². The molecule has 4 heteroatoms. The molecule has 1 unspecified atom stereocenters. The smallest absolute Gasteiger partial charge is 0.306 e. The third-order valence-electron chi connectivity index (χ3n) is 1.43. The van der Waals surface area contributed by atoms with Gasteiger partial charge in [0.25, 0.3) is 0 Å². The third kappa shape index (κ3) is 5.82. The summed E-state index contributed by atoms with van der Waals surface area (Å²) in [7, 11) is 3.76. The minimum absolute atomic E-state index is 0.262. The van der Waals surface area contributed by atoms with Crippen LogP contribution in [0.3, 0.4) is 0 Å². The van der Waals surface area contributed by atoms with Crippen molar-refractivity contribution >= 4 is 5.97 Å². The van der Waals surface area contributed by atoms with Crippen molar-refractivity contribution in [3.63, 3.8) is 0 Å². The molecule has 4 nitrogen and oxygen atoms in total. The van der Waals surface area contributed by atoms with Crippen LogP contribution in [0.4, 0.5) is 0 Å². The average molecular weight is 160 g/mol. The molecule has 0 saturated carbocycles. The molecule has 0 aliphatic carbocycles. The summed E-state index contributed by atoms with van der Waals surface area (Å²) >= 11 is 0. The molecule has 2 N–H and O–H groups in total. The van der Waals surface area contributed by atoms with Crippen molar-refractivity contribution in [1.82, 2.24) is 10.4 Å². The molecule has 0 aliphatic rings. The number of nitrogens with zero attached hydrogens (tertiary/aromatic N) is 1. The summed E-state index contributed by atoms with van der Waals surface area (Å²) in [6, 6.07) is 0. The zero-order valence-corrected chi connectivity index (χ0v) is 7.29. The Morgan fingerprint density at radius 3 is 2.55 bits per heavy atom. The van der Waals surface area contributed by atoms with E-state index < -0.39 is 5.97 Å². The average Bonchev–Trinajstić information content (AvgIpc) is 1.86.